The van der Waals surface area contributed by atoms with Crippen LogP contribution in [0.1, 0.15) is 55.6 Å². The molecule has 0 aromatic carbocycles. The second kappa shape index (κ2) is 7.56. The number of nitrogens with one attached hydrogen (secondary N) is 1. The van der Waals surface area contributed by atoms with Crippen LogP contribution < -0.4 is 5.32 Å². The number of halogens is 3. The van der Waals surface area contributed by atoms with Crippen LogP contribution in [-0.4, -0.2) is 18.6 Å². The number of hydrogen-bond donors (Lipinski definition) is 1. The molecule has 21 heavy (non-hydrogen) atoms. The van der Waals surface area contributed by atoms with Gasteiger partial charge in [-0.05, 0) is 25.8 Å². The first-order chi connectivity index (χ1) is 9.84. The Morgan fingerprint density at radius 3 is 2.24 bits per heavy atom. The molecule has 0 saturated heterocycles. The lowest BCUT2D eigenvalue weighted by Crippen LogP contribution is -2.26. The number of hydrogen-bond acceptors (Lipinski definition) is 4. The minimum Gasteiger partial charge on any atom is -0.371 e. The highest BCUT2D eigenvalue weighted by atomic mass is 32.1. The summed E-state index contributed by atoms with van der Waals surface area (Å²) in [6, 6.07) is 0. The zero-order chi connectivity index (χ0) is 16.1. The van der Waals surface area contributed by atoms with E-state index >= 15 is 0 Å². The Balaban J connectivity index is 3.18. The fourth-order valence-electron chi connectivity index (χ4n) is 2.20. The Hall–Kier alpha value is -0.660. The Morgan fingerprint density at radius 1 is 1.19 bits per heavy atom. The highest BCUT2D eigenvalue weighted by Gasteiger charge is 2.41. The van der Waals surface area contributed by atoms with Crippen molar-refractivity contribution < 1.29 is 17.9 Å². The number of methoxy groups -OCH3 is 1. The molecule has 0 bridgehead atoms. The van der Waals surface area contributed by atoms with Crippen LogP contribution in [0.2, 0.25) is 0 Å². The molecule has 0 saturated carbocycles. The molecule has 0 fully saturated rings. The third-order valence-electron chi connectivity index (χ3n) is 3.60. The van der Waals surface area contributed by atoms with E-state index in [0.717, 1.165) is 17.8 Å². The lowest BCUT2D eigenvalue weighted by Gasteiger charge is -2.27. The van der Waals surface area contributed by atoms with Crippen molar-refractivity contribution in [2.75, 3.05) is 13.7 Å². The van der Waals surface area contributed by atoms with Crippen molar-refractivity contribution in [1.29, 1.82) is 0 Å². The monoisotopic (exact) mass is 324 g/mol. The van der Waals surface area contributed by atoms with Crippen molar-refractivity contribution in [3.05, 3.63) is 15.6 Å². The summed E-state index contributed by atoms with van der Waals surface area (Å²) < 4.78 is 44.9. The fourth-order valence-corrected chi connectivity index (χ4v) is 3.56. The first-order valence-electron chi connectivity index (χ1n) is 7.17. The lowest BCUT2D eigenvalue weighted by atomic mass is 9.98. The summed E-state index contributed by atoms with van der Waals surface area (Å²) in [6.07, 6.45) is -2.38. The van der Waals surface area contributed by atoms with Gasteiger partial charge in [0.1, 0.15) is 10.6 Å². The summed E-state index contributed by atoms with van der Waals surface area (Å²) in [7, 11) is 1.52. The maximum Gasteiger partial charge on any atom is 0.434 e. The Bertz CT molecular complexity index is 434. The molecule has 1 N–H and O–H groups in total. The van der Waals surface area contributed by atoms with Crippen LogP contribution >= 0.6 is 11.3 Å². The van der Waals surface area contributed by atoms with Crippen molar-refractivity contribution >= 4 is 11.3 Å². The van der Waals surface area contributed by atoms with Gasteiger partial charge in [-0.1, -0.05) is 20.8 Å². The molecule has 0 aliphatic carbocycles. The molecule has 7 heteroatoms. The van der Waals surface area contributed by atoms with E-state index in [1.54, 1.807) is 0 Å². The largest absolute Gasteiger partial charge is 0.434 e. The second-order valence-electron chi connectivity index (χ2n) is 4.87. The average molecular weight is 324 g/mol. The summed E-state index contributed by atoms with van der Waals surface area (Å²) in [4.78, 5) is 4.10. The molecule has 3 nitrogen and oxygen atoms in total. The van der Waals surface area contributed by atoms with E-state index in [-0.39, 0.29) is 11.4 Å². The second-order valence-corrected chi connectivity index (χ2v) is 5.95. The molecule has 1 rings (SSSR count). The number of rotatable bonds is 8. The topological polar surface area (TPSA) is 34.1 Å². The predicted octanol–water partition coefficient (Wildman–Crippen LogP) is 4.32. The standard InChI is InChI=1S/C14H23F3N2OS/c1-5-8-18-9-10-11(14(15,16)17)19-12(21-10)13(6-2,7-3)20-4/h18H,5-9H2,1-4H3. The van der Waals surface area contributed by atoms with Gasteiger partial charge in [-0.15, -0.1) is 11.3 Å². The number of ether oxygens (including phenoxy) is 1. The molecule has 122 valence electrons. The van der Waals surface area contributed by atoms with E-state index in [1.807, 2.05) is 20.8 Å². The van der Waals surface area contributed by atoms with Crippen LogP contribution in [-0.2, 0) is 23.1 Å². The van der Waals surface area contributed by atoms with E-state index in [9.17, 15) is 13.2 Å². The smallest absolute Gasteiger partial charge is 0.371 e. The van der Waals surface area contributed by atoms with Crippen molar-refractivity contribution in [3.63, 3.8) is 0 Å². The minimum absolute atomic E-state index is 0.188. The molecule has 0 amide bonds. The third kappa shape index (κ3) is 4.17. The molecular formula is C14H23F3N2OS. The highest BCUT2D eigenvalue weighted by molar-refractivity contribution is 7.11. The lowest BCUT2D eigenvalue weighted by molar-refractivity contribution is -0.141. The molecule has 1 aromatic rings. The van der Waals surface area contributed by atoms with Crippen molar-refractivity contribution in [2.24, 2.45) is 0 Å². The van der Waals surface area contributed by atoms with Crippen molar-refractivity contribution in [2.45, 2.75) is 58.4 Å². The van der Waals surface area contributed by atoms with Gasteiger partial charge in [0.05, 0.1) is 4.88 Å². The van der Waals surface area contributed by atoms with E-state index in [1.165, 1.54) is 7.11 Å². The van der Waals surface area contributed by atoms with Gasteiger partial charge >= 0.3 is 6.18 Å². The van der Waals surface area contributed by atoms with Crippen LogP contribution in [0, 0.1) is 0 Å². The summed E-state index contributed by atoms with van der Waals surface area (Å²) in [6.45, 7) is 6.64. The van der Waals surface area contributed by atoms with Crippen LogP contribution in [0.3, 0.4) is 0 Å². The van der Waals surface area contributed by atoms with Crippen LogP contribution in [0.5, 0.6) is 0 Å². The van der Waals surface area contributed by atoms with Gasteiger partial charge in [0.15, 0.2) is 5.69 Å². The zero-order valence-electron chi connectivity index (χ0n) is 12.9. The minimum atomic E-state index is -4.43. The summed E-state index contributed by atoms with van der Waals surface area (Å²) in [5.74, 6) is 0. The molecule has 0 radical (unpaired) electrons. The fraction of sp³-hybridized carbons (Fsp3) is 0.786. The average Bonchev–Trinajstić information content (AvgIpc) is 2.87. The summed E-state index contributed by atoms with van der Waals surface area (Å²) >= 11 is 1.10. The van der Waals surface area contributed by atoms with Crippen molar-refractivity contribution in [1.82, 2.24) is 10.3 Å². The van der Waals surface area contributed by atoms with E-state index < -0.39 is 17.5 Å². The van der Waals surface area contributed by atoms with Crippen LogP contribution in [0.4, 0.5) is 13.2 Å². The number of alkyl halides is 3. The summed E-state index contributed by atoms with van der Waals surface area (Å²) in [5.41, 5.74) is -1.51. The van der Waals surface area contributed by atoms with Gasteiger partial charge in [0.2, 0.25) is 0 Å². The first-order valence-corrected chi connectivity index (χ1v) is 7.99. The maximum atomic E-state index is 13.1. The number of nitrogens with zero attached hydrogens (tertiary/aromatic N) is 1. The number of thiazole rings is 1. The molecule has 1 aromatic heterocycles. The Kier molecular flexibility index (Phi) is 6.62. The molecule has 1 heterocycles. The summed E-state index contributed by atoms with van der Waals surface area (Å²) in [5, 5.41) is 3.42. The Labute approximate surface area is 127 Å². The normalized spacial score (nSPS) is 12.9. The van der Waals surface area contributed by atoms with Gasteiger partial charge in [-0.3, -0.25) is 0 Å². The molecule has 0 aliphatic heterocycles. The van der Waals surface area contributed by atoms with Gasteiger partial charge in [0, 0.05) is 13.7 Å². The molecule has 0 atom stereocenters. The number of aromatic nitrogens is 1. The van der Waals surface area contributed by atoms with Gasteiger partial charge in [-0.2, -0.15) is 13.2 Å². The van der Waals surface area contributed by atoms with E-state index in [4.69, 9.17) is 4.74 Å². The van der Waals surface area contributed by atoms with Gasteiger partial charge in [-0.25, -0.2) is 4.98 Å². The molecule has 0 aliphatic rings. The van der Waals surface area contributed by atoms with Crippen LogP contribution in [0.15, 0.2) is 0 Å². The molecule has 0 unspecified atom stereocenters. The molecule has 0 spiro atoms. The maximum absolute atomic E-state index is 13.1. The third-order valence-corrected chi connectivity index (χ3v) is 4.84. The van der Waals surface area contributed by atoms with Crippen molar-refractivity contribution in [3.8, 4) is 0 Å². The predicted molar refractivity (Wildman–Crippen MR) is 78.4 cm³/mol. The van der Waals surface area contributed by atoms with Gasteiger partial charge in [0.25, 0.3) is 0 Å². The highest BCUT2D eigenvalue weighted by Crippen LogP contribution is 2.41. The first kappa shape index (κ1) is 18.4. The Morgan fingerprint density at radius 2 is 1.81 bits per heavy atom. The van der Waals surface area contributed by atoms with Crippen LogP contribution in [0.25, 0.3) is 0 Å². The molecular weight excluding hydrogens is 301 g/mol. The zero-order valence-corrected chi connectivity index (χ0v) is 13.7. The van der Waals surface area contributed by atoms with Gasteiger partial charge < -0.3 is 10.1 Å². The van der Waals surface area contributed by atoms with E-state index in [2.05, 4.69) is 10.3 Å². The quantitative estimate of drug-likeness (QED) is 0.723. The van der Waals surface area contributed by atoms with E-state index in [0.29, 0.717) is 24.4 Å². The SMILES string of the molecule is CCCNCc1sc(C(CC)(CC)OC)nc1C(F)(F)F.